The number of rotatable bonds is 10. The molecule has 0 spiro atoms. The number of halogens is 1. The maximum Gasteiger partial charge on any atom is 0.232 e. The topological polar surface area (TPSA) is 62.1 Å². The van der Waals surface area contributed by atoms with E-state index < -0.39 is 0 Å². The lowest BCUT2D eigenvalue weighted by Gasteiger charge is -2.33. The normalized spacial score (nSPS) is 14.9. The molecule has 2 aromatic rings. The molecule has 7 nitrogen and oxygen atoms in total. The Labute approximate surface area is 190 Å². The summed E-state index contributed by atoms with van der Waals surface area (Å²) >= 11 is 0. The summed E-state index contributed by atoms with van der Waals surface area (Å²) in [5.41, 5.74) is 2.31. The first-order valence-corrected chi connectivity index (χ1v) is 11.3. The molecule has 0 bridgehead atoms. The van der Waals surface area contributed by atoms with Gasteiger partial charge in [0.05, 0.1) is 12.1 Å². The summed E-state index contributed by atoms with van der Waals surface area (Å²) in [5.74, 6) is 0.771. The van der Waals surface area contributed by atoms with Crippen LogP contribution < -0.4 is 4.90 Å². The van der Waals surface area contributed by atoms with Gasteiger partial charge in [-0.2, -0.15) is 0 Å². The zero-order valence-electron chi connectivity index (χ0n) is 19.6. The quantitative estimate of drug-likeness (QED) is 0.519. The Morgan fingerprint density at radius 2 is 1.91 bits per heavy atom. The maximum absolute atomic E-state index is 13.5. The van der Waals surface area contributed by atoms with Crippen molar-refractivity contribution in [1.29, 1.82) is 0 Å². The molecule has 1 aromatic heterocycles. The Kier molecular flexibility index (Phi) is 8.64. The Morgan fingerprint density at radius 3 is 2.53 bits per heavy atom. The summed E-state index contributed by atoms with van der Waals surface area (Å²) in [4.78, 5) is 19.4. The molecule has 32 heavy (non-hydrogen) atoms. The molecular formula is C24H35FN4O3. The highest BCUT2D eigenvalue weighted by atomic mass is 19.1. The van der Waals surface area contributed by atoms with Crippen molar-refractivity contribution in [3.63, 3.8) is 0 Å². The summed E-state index contributed by atoms with van der Waals surface area (Å²) in [6, 6.07) is 6.25. The molecule has 0 radical (unpaired) electrons. The van der Waals surface area contributed by atoms with Gasteiger partial charge in [-0.15, -0.1) is 0 Å². The number of amides is 1. The van der Waals surface area contributed by atoms with Crippen molar-refractivity contribution in [3.05, 3.63) is 35.6 Å². The number of piperazine rings is 1. The lowest BCUT2D eigenvalue weighted by atomic mass is 10.0. The SMILES string of the molecule is COCCCN(Cc1c(-c2ccc(F)cc2)noc1N1CCN(C)CC1)C(=O)CC(C)C. The molecule has 8 heteroatoms. The van der Waals surface area contributed by atoms with Crippen LogP contribution in [0.3, 0.4) is 0 Å². The number of anilines is 1. The van der Waals surface area contributed by atoms with Crippen molar-refractivity contribution in [2.24, 2.45) is 5.92 Å². The second-order valence-electron chi connectivity index (χ2n) is 8.87. The van der Waals surface area contributed by atoms with Crippen LogP contribution >= 0.6 is 0 Å². The third-order valence-corrected chi connectivity index (χ3v) is 5.74. The zero-order chi connectivity index (χ0) is 23.1. The minimum absolute atomic E-state index is 0.103. The molecule has 0 N–H and O–H groups in total. The Bertz CT molecular complexity index is 861. The summed E-state index contributed by atoms with van der Waals surface area (Å²) in [7, 11) is 3.77. The van der Waals surface area contributed by atoms with Gasteiger partial charge < -0.3 is 24.0 Å². The molecular weight excluding hydrogens is 411 g/mol. The van der Waals surface area contributed by atoms with E-state index in [1.165, 1.54) is 12.1 Å². The van der Waals surface area contributed by atoms with E-state index in [0.717, 1.165) is 43.7 Å². The van der Waals surface area contributed by atoms with Crippen LogP contribution in [0.1, 0.15) is 32.3 Å². The smallest absolute Gasteiger partial charge is 0.232 e. The lowest BCUT2D eigenvalue weighted by molar-refractivity contribution is -0.132. The molecule has 0 atom stereocenters. The van der Waals surface area contributed by atoms with Crippen LogP contribution in [0.15, 0.2) is 28.8 Å². The Hall–Kier alpha value is -2.45. The predicted octanol–water partition coefficient (Wildman–Crippen LogP) is 3.64. The second-order valence-corrected chi connectivity index (χ2v) is 8.87. The predicted molar refractivity (Wildman–Crippen MR) is 123 cm³/mol. The Morgan fingerprint density at radius 1 is 1.22 bits per heavy atom. The van der Waals surface area contributed by atoms with E-state index in [-0.39, 0.29) is 17.6 Å². The second kappa shape index (κ2) is 11.4. The van der Waals surface area contributed by atoms with E-state index in [1.54, 1.807) is 19.2 Å². The van der Waals surface area contributed by atoms with E-state index >= 15 is 0 Å². The fourth-order valence-corrected chi connectivity index (χ4v) is 3.90. The number of hydrogen-bond donors (Lipinski definition) is 0. The van der Waals surface area contributed by atoms with Crippen LogP contribution in [0, 0.1) is 11.7 Å². The van der Waals surface area contributed by atoms with E-state index in [2.05, 4.69) is 22.0 Å². The standard InChI is InChI=1S/C24H35FN4O3/c1-18(2)16-22(30)29(10-5-15-31-4)17-21-23(19-6-8-20(25)9-7-19)26-32-24(21)28-13-11-27(3)12-14-28/h6-9,18H,5,10-17H2,1-4H3. The van der Waals surface area contributed by atoms with E-state index in [4.69, 9.17) is 9.26 Å². The monoisotopic (exact) mass is 446 g/mol. The first-order chi connectivity index (χ1) is 15.4. The number of carbonyl (C=O) groups is 1. The third-order valence-electron chi connectivity index (χ3n) is 5.74. The third kappa shape index (κ3) is 6.29. The molecule has 176 valence electrons. The number of ether oxygens (including phenoxy) is 1. The number of benzene rings is 1. The van der Waals surface area contributed by atoms with Gasteiger partial charge in [0, 0.05) is 58.4 Å². The van der Waals surface area contributed by atoms with Crippen molar-refractivity contribution in [1.82, 2.24) is 15.0 Å². The summed E-state index contributed by atoms with van der Waals surface area (Å²) in [6.45, 7) is 9.17. The lowest BCUT2D eigenvalue weighted by Crippen LogP contribution is -2.45. The molecule has 0 aliphatic carbocycles. The minimum atomic E-state index is -0.300. The number of nitrogens with zero attached hydrogens (tertiary/aromatic N) is 4. The highest BCUT2D eigenvalue weighted by molar-refractivity contribution is 5.77. The molecule has 1 amide bonds. The van der Waals surface area contributed by atoms with E-state index in [9.17, 15) is 9.18 Å². The molecule has 1 aliphatic heterocycles. The van der Waals surface area contributed by atoms with Crippen molar-refractivity contribution >= 4 is 11.8 Å². The van der Waals surface area contributed by atoms with E-state index in [1.807, 2.05) is 18.7 Å². The zero-order valence-corrected chi connectivity index (χ0v) is 19.6. The molecule has 1 aromatic carbocycles. The van der Waals surface area contributed by atoms with Gasteiger partial charge in [-0.05, 0) is 43.7 Å². The minimum Gasteiger partial charge on any atom is -0.385 e. The largest absolute Gasteiger partial charge is 0.385 e. The number of aromatic nitrogens is 1. The summed E-state index contributed by atoms with van der Waals surface area (Å²) < 4.78 is 24.6. The van der Waals surface area contributed by atoms with Gasteiger partial charge in [0.25, 0.3) is 0 Å². The van der Waals surface area contributed by atoms with Crippen LogP contribution in [0.5, 0.6) is 0 Å². The van der Waals surface area contributed by atoms with Crippen LogP contribution in [0.4, 0.5) is 10.3 Å². The van der Waals surface area contributed by atoms with Crippen LogP contribution in [0.25, 0.3) is 11.3 Å². The van der Waals surface area contributed by atoms with Crippen molar-refractivity contribution in [2.45, 2.75) is 33.2 Å². The van der Waals surface area contributed by atoms with Gasteiger partial charge in [-0.1, -0.05) is 19.0 Å². The van der Waals surface area contributed by atoms with Crippen LogP contribution in [-0.4, -0.2) is 74.4 Å². The first-order valence-electron chi connectivity index (χ1n) is 11.3. The fraction of sp³-hybridized carbons (Fsp3) is 0.583. The van der Waals surface area contributed by atoms with E-state index in [0.29, 0.717) is 37.7 Å². The molecule has 1 fully saturated rings. The fourth-order valence-electron chi connectivity index (χ4n) is 3.90. The highest BCUT2D eigenvalue weighted by Gasteiger charge is 2.28. The molecule has 3 rings (SSSR count). The van der Waals surface area contributed by atoms with Gasteiger partial charge in [0.15, 0.2) is 0 Å². The van der Waals surface area contributed by atoms with Crippen LogP contribution in [0.2, 0.25) is 0 Å². The van der Waals surface area contributed by atoms with Gasteiger partial charge >= 0.3 is 0 Å². The summed E-state index contributed by atoms with van der Waals surface area (Å²) in [6.07, 6.45) is 1.23. The van der Waals surface area contributed by atoms with Crippen molar-refractivity contribution in [2.75, 3.05) is 58.4 Å². The number of methoxy groups -OCH3 is 1. The maximum atomic E-state index is 13.5. The summed E-state index contributed by atoms with van der Waals surface area (Å²) in [5, 5.41) is 4.36. The molecule has 2 heterocycles. The van der Waals surface area contributed by atoms with Crippen molar-refractivity contribution < 1.29 is 18.4 Å². The van der Waals surface area contributed by atoms with Gasteiger partial charge in [-0.25, -0.2) is 4.39 Å². The number of carbonyl (C=O) groups excluding carboxylic acids is 1. The molecule has 0 unspecified atom stereocenters. The number of hydrogen-bond acceptors (Lipinski definition) is 6. The van der Waals surface area contributed by atoms with Gasteiger partial charge in [0.1, 0.15) is 11.5 Å². The van der Waals surface area contributed by atoms with Crippen molar-refractivity contribution in [3.8, 4) is 11.3 Å². The number of likely N-dealkylation sites (N-methyl/N-ethyl adjacent to an activating group) is 1. The average molecular weight is 447 g/mol. The molecule has 0 saturated carbocycles. The average Bonchev–Trinajstić information content (AvgIpc) is 3.17. The molecule has 1 saturated heterocycles. The molecule has 1 aliphatic rings. The first kappa shape index (κ1) is 24.2. The van der Waals surface area contributed by atoms with Crippen LogP contribution in [-0.2, 0) is 16.1 Å². The van der Waals surface area contributed by atoms with Gasteiger partial charge in [0.2, 0.25) is 11.8 Å². The highest BCUT2D eigenvalue weighted by Crippen LogP contribution is 2.33. The Balaban J connectivity index is 1.94. The van der Waals surface area contributed by atoms with Gasteiger partial charge in [-0.3, -0.25) is 4.79 Å².